The summed E-state index contributed by atoms with van der Waals surface area (Å²) in [7, 11) is 2.12. The Kier molecular flexibility index (Phi) is 6.78. The molecule has 1 unspecified atom stereocenters. The Bertz CT molecular complexity index is 756. The van der Waals surface area contributed by atoms with Crippen molar-refractivity contribution in [1.29, 1.82) is 0 Å². The van der Waals surface area contributed by atoms with E-state index in [1.165, 1.54) is 18.6 Å². The first kappa shape index (κ1) is 20.9. The minimum Gasteiger partial charge on any atom is -0.348 e. The lowest BCUT2D eigenvalue weighted by molar-refractivity contribution is -0.137. The van der Waals surface area contributed by atoms with Gasteiger partial charge in [0.15, 0.2) is 0 Å². The molecular formula is C21H29F3N4. The zero-order valence-electron chi connectivity index (χ0n) is 16.6. The van der Waals surface area contributed by atoms with Crippen LogP contribution >= 0.6 is 0 Å². The molecule has 1 N–H and O–H groups in total. The number of aromatic nitrogens is 2. The lowest BCUT2D eigenvalue weighted by Gasteiger charge is -2.34. The van der Waals surface area contributed by atoms with Gasteiger partial charge >= 0.3 is 6.18 Å². The molecule has 0 spiro atoms. The fourth-order valence-corrected chi connectivity index (χ4v) is 4.00. The van der Waals surface area contributed by atoms with Crippen molar-refractivity contribution in [2.24, 2.45) is 5.92 Å². The zero-order valence-corrected chi connectivity index (χ0v) is 16.6. The van der Waals surface area contributed by atoms with E-state index < -0.39 is 11.7 Å². The number of benzene rings is 1. The second-order valence-corrected chi connectivity index (χ2v) is 7.93. The molecule has 2 aromatic rings. The minimum absolute atomic E-state index is 0.559. The maximum Gasteiger partial charge on any atom is 0.416 e. The maximum atomic E-state index is 12.9. The molecule has 1 saturated heterocycles. The molecule has 1 aromatic carbocycles. The normalized spacial score (nSPS) is 18.7. The first-order valence-corrected chi connectivity index (χ1v) is 9.87. The number of hydrogen-bond donors (Lipinski definition) is 1. The van der Waals surface area contributed by atoms with Crippen LogP contribution in [-0.2, 0) is 19.1 Å². The molecule has 1 aliphatic rings. The molecule has 154 valence electrons. The van der Waals surface area contributed by atoms with Gasteiger partial charge < -0.3 is 14.8 Å². The molecule has 0 amide bonds. The number of likely N-dealkylation sites (tertiary alicyclic amines) is 1. The Hall–Kier alpha value is -1.86. The predicted molar refractivity (Wildman–Crippen MR) is 104 cm³/mol. The SMILES string of the molecule is Cc1[nH]cnc1CN(C)CC1CCCN(CCc2cccc(C(F)(F)F)c2)C1. The number of nitrogens with zero attached hydrogens (tertiary/aromatic N) is 3. The summed E-state index contributed by atoms with van der Waals surface area (Å²) in [4.78, 5) is 12.2. The molecule has 1 atom stereocenters. The van der Waals surface area contributed by atoms with Gasteiger partial charge in [-0.1, -0.05) is 18.2 Å². The summed E-state index contributed by atoms with van der Waals surface area (Å²) in [6.45, 7) is 6.70. The van der Waals surface area contributed by atoms with E-state index in [-0.39, 0.29) is 0 Å². The number of piperidine rings is 1. The number of alkyl halides is 3. The molecule has 1 aromatic heterocycles. The topological polar surface area (TPSA) is 35.2 Å². The van der Waals surface area contributed by atoms with Crippen LogP contribution in [-0.4, -0.2) is 53.0 Å². The number of nitrogens with one attached hydrogen (secondary N) is 1. The van der Waals surface area contributed by atoms with Gasteiger partial charge in [0.05, 0.1) is 17.6 Å². The number of rotatable bonds is 7. The number of aryl methyl sites for hydroxylation is 1. The van der Waals surface area contributed by atoms with Crippen molar-refractivity contribution in [2.45, 2.75) is 38.9 Å². The van der Waals surface area contributed by atoms with Crippen LogP contribution in [0.25, 0.3) is 0 Å². The molecule has 4 nitrogen and oxygen atoms in total. The quantitative estimate of drug-likeness (QED) is 0.767. The summed E-state index contributed by atoms with van der Waals surface area (Å²) in [5.74, 6) is 0.583. The highest BCUT2D eigenvalue weighted by Crippen LogP contribution is 2.29. The average Bonchev–Trinajstić information content (AvgIpc) is 3.04. The second-order valence-electron chi connectivity index (χ2n) is 7.93. The Labute approximate surface area is 164 Å². The molecule has 0 bridgehead atoms. The molecule has 7 heteroatoms. The Morgan fingerprint density at radius 1 is 1.32 bits per heavy atom. The van der Waals surface area contributed by atoms with Crippen molar-refractivity contribution in [3.05, 3.63) is 53.1 Å². The molecule has 0 radical (unpaired) electrons. The van der Waals surface area contributed by atoms with Gasteiger partial charge in [-0.3, -0.25) is 0 Å². The number of halogens is 3. The Balaban J connectivity index is 1.48. The van der Waals surface area contributed by atoms with E-state index in [1.54, 1.807) is 12.4 Å². The third-order valence-electron chi connectivity index (χ3n) is 5.50. The number of imidazole rings is 1. The number of H-pyrrole nitrogens is 1. The molecule has 1 fully saturated rings. The first-order chi connectivity index (χ1) is 13.3. The summed E-state index contributed by atoms with van der Waals surface area (Å²) >= 11 is 0. The molecule has 0 saturated carbocycles. The molecule has 3 rings (SSSR count). The molecule has 2 heterocycles. The fraction of sp³-hybridized carbons (Fsp3) is 0.571. The van der Waals surface area contributed by atoms with Crippen LogP contribution in [0, 0.1) is 12.8 Å². The van der Waals surface area contributed by atoms with Crippen LogP contribution in [0.4, 0.5) is 13.2 Å². The van der Waals surface area contributed by atoms with Crippen LogP contribution < -0.4 is 0 Å². The molecule has 0 aliphatic carbocycles. The monoisotopic (exact) mass is 394 g/mol. The van der Waals surface area contributed by atoms with Crippen LogP contribution in [0.15, 0.2) is 30.6 Å². The average molecular weight is 394 g/mol. The van der Waals surface area contributed by atoms with Crippen molar-refractivity contribution >= 4 is 0 Å². The van der Waals surface area contributed by atoms with E-state index >= 15 is 0 Å². The lowest BCUT2D eigenvalue weighted by Crippen LogP contribution is -2.40. The lowest BCUT2D eigenvalue weighted by atomic mass is 9.97. The maximum absolute atomic E-state index is 12.9. The van der Waals surface area contributed by atoms with Gasteiger partial charge in [-0.15, -0.1) is 0 Å². The van der Waals surface area contributed by atoms with Crippen molar-refractivity contribution in [3.8, 4) is 0 Å². The first-order valence-electron chi connectivity index (χ1n) is 9.87. The van der Waals surface area contributed by atoms with Gasteiger partial charge in [0.2, 0.25) is 0 Å². The highest BCUT2D eigenvalue weighted by atomic mass is 19.4. The van der Waals surface area contributed by atoms with Crippen LogP contribution in [0.5, 0.6) is 0 Å². The van der Waals surface area contributed by atoms with Gasteiger partial charge in [0, 0.05) is 31.9 Å². The standard InChI is InChI=1S/C21H29F3N4/c1-16-20(26-15-25-16)14-27(2)12-18-6-4-9-28(13-18)10-8-17-5-3-7-19(11-17)21(22,23)24/h3,5,7,11,15,18H,4,6,8-10,12-14H2,1-2H3,(H,25,26). The fourth-order valence-electron chi connectivity index (χ4n) is 4.00. The van der Waals surface area contributed by atoms with E-state index in [1.807, 2.05) is 6.92 Å². The largest absolute Gasteiger partial charge is 0.416 e. The van der Waals surface area contributed by atoms with Gasteiger partial charge in [-0.2, -0.15) is 13.2 Å². The third-order valence-corrected chi connectivity index (χ3v) is 5.50. The van der Waals surface area contributed by atoms with Gasteiger partial charge in [-0.05, 0) is 57.3 Å². The van der Waals surface area contributed by atoms with Crippen LogP contribution in [0.2, 0.25) is 0 Å². The Morgan fingerprint density at radius 3 is 2.86 bits per heavy atom. The third kappa shape index (κ3) is 5.82. The van der Waals surface area contributed by atoms with Crippen LogP contribution in [0.1, 0.15) is 35.4 Å². The van der Waals surface area contributed by atoms with Crippen LogP contribution in [0.3, 0.4) is 0 Å². The minimum atomic E-state index is -4.27. The second kappa shape index (κ2) is 9.09. The van der Waals surface area contributed by atoms with Gasteiger partial charge in [-0.25, -0.2) is 4.98 Å². The summed E-state index contributed by atoms with van der Waals surface area (Å²) in [5, 5.41) is 0. The van der Waals surface area contributed by atoms with Crippen molar-refractivity contribution in [3.63, 3.8) is 0 Å². The molecule has 28 heavy (non-hydrogen) atoms. The van der Waals surface area contributed by atoms with Crippen molar-refractivity contribution in [2.75, 3.05) is 33.2 Å². The Morgan fingerprint density at radius 2 is 2.14 bits per heavy atom. The van der Waals surface area contributed by atoms with Crippen molar-refractivity contribution < 1.29 is 13.2 Å². The van der Waals surface area contributed by atoms with E-state index in [2.05, 4.69) is 26.8 Å². The van der Waals surface area contributed by atoms with E-state index in [4.69, 9.17) is 0 Å². The smallest absolute Gasteiger partial charge is 0.348 e. The highest BCUT2D eigenvalue weighted by molar-refractivity contribution is 5.25. The van der Waals surface area contributed by atoms with E-state index in [0.29, 0.717) is 12.3 Å². The summed E-state index contributed by atoms with van der Waals surface area (Å²) in [5.41, 5.74) is 2.39. The van der Waals surface area contributed by atoms with Gasteiger partial charge in [0.25, 0.3) is 0 Å². The molecular weight excluding hydrogens is 365 g/mol. The van der Waals surface area contributed by atoms with E-state index in [9.17, 15) is 13.2 Å². The highest BCUT2D eigenvalue weighted by Gasteiger charge is 2.30. The summed E-state index contributed by atoms with van der Waals surface area (Å²) < 4.78 is 38.6. The van der Waals surface area contributed by atoms with E-state index in [0.717, 1.165) is 62.2 Å². The number of aromatic amines is 1. The van der Waals surface area contributed by atoms with Gasteiger partial charge in [0.1, 0.15) is 0 Å². The van der Waals surface area contributed by atoms with Crippen molar-refractivity contribution in [1.82, 2.24) is 19.8 Å². The summed E-state index contributed by atoms with van der Waals surface area (Å²) in [6, 6.07) is 5.71. The zero-order chi connectivity index (χ0) is 20.1. The molecule has 1 aliphatic heterocycles. The summed E-state index contributed by atoms with van der Waals surface area (Å²) in [6.07, 6.45) is 0.448. The number of hydrogen-bond acceptors (Lipinski definition) is 3. The predicted octanol–water partition coefficient (Wildman–Crippen LogP) is 4.12.